The molecule has 0 aliphatic heterocycles. The molecule has 11 heteroatoms. The Kier molecular flexibility index (Phi) is 7.17. The van der Waals surface area contributed by atoms with Gasteiger partial charge in [0.2, 0.25) is 5.01 Å². The fourth-order valence-corrected chi connectivity index (χ4v) is 4.63. The molecule has 0 unspecified atom stereocenters. The van der Waals surface area contributed by atoms with Gasteiger partial charge in [0.25, 0.3) is 5.91 Å². The van der Waals surface area contributed by atoms with Crippen LogP contribution >= 0.6 is 23.1 Å². The number of carbonyl (C=O) groups is 1. The number of carbonyl (C=O) groups excluding carboxylic acids is 1. The van der Waals surface area contributed by atoms with Gasteiger partial charge in [0, 0.05) is 31.0 Å². The van der Waals surface area contributed by atoms with Gasteiger partial charge in [-0.25, -0.2) is 4.39 Å². The van der Waals surface area contributed by atoms with Gasteiger partial charge < -0.3 is 9.88 Å². The zero-order valence-electron chi connectivity index (χ0n) is 17.2. The number of pyridine rings is 1. The summed E-state index contributed by atoms with van der Waals surface area (Å²) in [5.74, 6) is 0.710. The Hall–Kier alpha value is -3.18. The molecular weight excluding hydrogens is 449 g/mol. The number of halogens is 1. The summed E-state index contributed by atoms with van der Waals surface area (Å²) in [6.07, 6.45) is 4.41. The molecule has 32 heavy (non-hydrogen) atoms. The highest BCUT2D eigenvalue weighted by Gasteiger charge is 2.16. The Labute approximate surface area is 192 Å². The summed E-state index contributed by atoms with van der Waals surface area (Å²) in [6.45, 7) is 3.19. The summed E-state index contributed by atoms with van der Waals surface area (Å²) in [4.78, 5) is 16.4. The average molecular weight is 470 g/mol. The monoisotopic (exact) mass is 469 g/mol. The van der Waals surface area contributed by atoms with Gasteiger partial charge in [-0.1, -0.05) is 42.2 Å². The molecule has 4 aromatic rings. The lowest BCUT2D eigenvalue weighted by atomic mass is 10.2. The van der Waals surface area contributed by atoms with Gasteiger partial charge in [0.1, 0.15) is 10.8 Å². The maximum absolute atomic E-state index is 13.0. The molecule has 3 aromatic heterocycles. The normalized spacial score (nSPS) is 10.9. The first-order chi connectivity index (χ1) is 15.6. The van der Waals surface area contributed by atoms with Gasteiger partial charge in [-0.15, -0.1) is 20.4 Å². The molecule has 0 atom stereocenters. The molecule has 4 rings (SSSR count). The topological polar surface area (TPSA) is 98.5 Å². The Morgan fingerprint density at radius 2 is 1.88 bits per heavy atom. The Morgan fingerprint density at radius 3 is 2.62 bits per heavy atom. The third kappa shape index (κ3) is 5.35. The van der Waals surface area contributed by atoms with Crippen LogP contribution in [-0.2, 0) is 18.8 Å². The maximum Gasteiger partial charge on any atom is 0.282 e. The average Bonchev–Trinajstić information content (AvgIpc) is 3.45. The first-order valence-corrected chi connectivity index (χ1v) is 11.8. The second kappa shape index (κ2) is 10.4. The van der Waals surface area contributed by atoms with Crippen LogP contribution in [0.2, 0.25) is 0 Å². The Morgan fingerprint density at radius 1 is 1.09 bits per heavy atom. The van der Waals surface area contributed by atoms with Crippen molar-refractivity contribution in [2.45, 2.75) is 37.3 Å². The zero-order valence-corrected chi connectivity index (χ0v) is 18.9. The van der Waals surface area contributed by atoms with Gasteiger partial charge in [-0.05, 0) is 36.2 Å². The summed E-state index contributed by atoms with van der Waals surface area (Å²) in [5, 5.41) is 21.4. The van der Waals surface area contributed by atoms with Crippen LogP contribution in [0.4, 0.5) is 4.39 Å². The number of hydrogen-bond acceptors (Lipinski definition) is 8. The lowest BCUT2D eigenvalue weighted by molar-refractivity contribution is 0.0950. The summed E-state index contributed by atoms with van der Waals surface area (Å²) in [5.41, 5.74) is 1.77. The molecule has 1 amide bonds. The summed E-state index contributed by atoms with van der Waals surface area (Å²) in [7, 11) is 0. The zero-order chi connectivity index (χ0) is 22.3. The summed E-state index contributed by atoms with van der Waals surface area (Å²) in [6, 6.07) is 9.80. The van der Waals surface area contributed by atoms with E-state index in [2.05, 4.69) is 42.2 Å². The fourth-order valence-electron chi connectivity index (χ4n) is 2.93. The van der Waals surface area contributed by atoms with Gasteiger partial charge >= 0.3 is 0 Å². The number of aromatic nitrogens is 6. The van der Waals surface area contributed by atoms with Crippen molar-refractivity contribution in [2.24, 2.45) is 0 Å². The molecule has 0 saturated heterocycles. The summed E-state index contributed by atoms with van der Waals surface area (Å²) >= 11 is 2.75. The molecule has 1 aromatic carbocycles. The van der Waals surface area contributed by atoms with Crippen molar-refractivity contribution >= 4 is 29.0 Å². The molecular formula is C21H20FN7OS2. The highest BCUT2D eigenvalue weighted by molar-refractivity contribution is 7.98. The molecule has 0 aliphatic carbocycles. The van der Waals surface area contributed by atoms with Crippen LogP contribution in [0.3, 0.4) is 0 Å². The van der Waals surface area contributed by atoms with E-state index in [-0.39, 0.29) is 16.7 Å². The van der Waals surface area contributed by atoms with Crippen molar-refractivity contribution < 1.29 is 9.18 Å². The number of amides is 1. The minimum absolute atomic E-state index is 0.287. The third-order valence-corrected chi connectivity index (χ3v) is 6.54. The van der Waals surface area contributed by atoms with E-state index in [4.69, 9.17) is 0 Å². The van der Waals surface area contributed by atoms with Gasteiger partial charge in [-0.2, -0.15) is 0 Å². The highest BCUT2D eigenvalue weighted by atomic mass is 32.2. The minimum Gasteiger partial charge on any atom is -0.346 e. The lowest BCUT2D eigenvalue weighted by Gasteiger charge is -2.08. The van der Waals surface area contributed by atoms with E-state index in [1.165, 1.54) is 35.2 Å². The fraction of sp³-hybridized carbons (Fsp3) is 0.238. The van der Waals surface area contributed by atoms with Crippen molar-refractivity contribution in [2.75, 3.05) is 0 Å². The second-order valence-electron chi connectivity index (χ2n) is 6.79. The predicted molar refractivity (Wildman–Crippen MR) is 121 cm³/mol. The molecule has 0 saturated carbocycles. The smallest absolute Gasteiger partial charge is 0.282 e. The first-order valence-electron chi connectivity index (χ1n) is 9.95. The van der Waals surface area contributed by atoms with E-state index < -0.39 is 0 Å². The molecule has 0 spiro atoms. The van der Waals surface area contributed by atoms with Crippen LogP contribution in [0.5, 0.6) is 0 Å². The van der Waals surface area contributed by atoms with E-state index in [0.717, 1.165) is 40.1 Å². The molecule has 0 radical (unpaired) electrons. The van der Waals surface area contributed by atoms with Crippen molar-refractivity contribution in [1.82, 2.24) is 35.3 Å². The quantitative estimate of drug-likeness (QED) is 0.371. The van der Waals surface area contributed by atoms with Crippen molar-refractivity contribution in [1.29, 1.82) is 0 Å². The van der Waals surface area contributed by atoms with Gasteiger partial charge in [0.05, 0.1) is 5.75 Å². The number of nitrogens with zero attached hydrogens (tertiary/aromatic N) is 6. The largest absolute Gasteiger partial charge is 0.346 e. The van der Waals surface area contributed by atoms with E-state index in [1.807, 2.05) is 12.1 Å². The maximum atomic E-state index is 13.0. The van der Waals surface area contributed by atoms with Crippen LogP contribution < -0.4 is 5.32 Å². The van der Waals surface area contributed by atoms with Crippen LogP contribution in [0.25, 0.3) is 11.4 Å². The van der Waals surface area contributed by atoms with E-state index in [9.17, 15) is 9.18 Å². The second-order valence-corrected chi connectivity index (χ2v) is 8.80. The van der Waals surface area contributed by atoms with Gasteiger partial charge in [-0.3, -0.25) is 9.78 Å². The third-order valence-electron chi connectivity index (χ3n) is 4.45. The highest BCUT2D eigenvalue weighted by Crippen LogP contribution is 2.27. The Balaban J connectivity index is 1.38. The molecule has 0 aliphatic rings. The molecule has 1 N–H and O–H groups in total. The van der Waals surface area contributed by atoms with Crippen molar-refractivity contribution in [3.8, 4) is 11.4 Å². The van der Waals surface area contributed by atoms with E-state index in [0.29, 0.717) is 12.3 Å². The van der Waals surface area contributed by atoms with Crippen molar-refractivity contribution in [3.05, 3.63) is 70.2 Å². The van der Waals surface area contributed by atoms with Crippen LogP contribution in [-0.4, -0.2) is 35.9 Å². The predicted octanol–water partition coefficient (Wildman–Crippen LogP) is 3.96. The Bertz CT molecular complexity index is 1180. The standard InChI is InChI=1S/C21H20FN7OS2/c1-2-11-29-18(15-7-9-23-10-8-15)26-28-21(29)31-13-17-25-27-20(32-17)19(30)24-12-14-3-5-16(22)6-4-14/h3-10H,2,11-13H2,1H3,(H,24,30). The first kappa shape index (κ1) is 22.0. The van der Waals surface area contributed by atoms with Crippen molar-refractivity contribution in [3.63, 3.8) is 0 Å². The van der Waals surface area contributed by atoms with Gasteiger partial charge in [0.15, 0.2) is 11.0 Å². The number of benzene rings is 1. The molecule has 8 nitrogen and oxygen atoms in total. The molecule has 0 fully saturated rings. The van der Waals surface area contributed by atoms with E-state index in [1.54, 1.807) is 24.5 Å². The number of rotatable bonds is 9. The van der Waals surface area contributed by atoms with Crippen LogP contribution in [0.15, 0.2) is 53.9 Å². The molecule has 164 valence electrons. The number of thioether (sulfide) groups is 1. The van der Waals surface area contributed by atoms with E-state index >= 15 is 0 Å². The minimum atomic E-state index is -0.311. The molecule has 3 heterocycles. The number of hydrogen-bond donors (Lipinski definition) is 1. The molecule has 0 bridgehead atoms. The number of nitrogens with one attached hydrogen (secondary N) is 1. The SMILES string of the molecule is CCCn1c(SCc2nnc(C(=O)NCc3ccc(F)cc3)s2)nnc1-c1ccncc1. The van der Waals surface area contributed by atoms with Crippen LogP contribution in [0, 0.1) is 5.82 Å². The van der Waals surface area contributed by atoms with Crippen LogP contribution in [0.1, 0.15) is 33.7 Å². The summed E-state index contributed by atoms with van der Waals surface area (Å²) < 4.78 is 15.1. The lowest BCUT2D eigenvalue weighted by Crippen LogP contribution is -2.22.